The van der Waals surface area contributed by atoms with Gasteiger partial charge in [0.25, 0.3) is 0 Å². The number of nitrogens with two attached hydrogens (primary N) is 2. The van der Waals surface area contributed by atoms with Gasteiger partial charge in [-0.3, -0.25) is 19.4 Å². The van der Waals surface area contributed by atoms with Crippen LogP contribution in [0.5, 0.6) is 0 Å². The molecule has 0 fully saturated rings. The van der Waals surface area contributed by atoms with E-state index >= 15 is 0 Å². The van der Waals surface area contributed by atoms with Gasteiger partial charge in [0, 0.05) is 26.3 Å². The van der Waals surface area contributed by atoms with Gasteiger partial charge in [-0.25, -0.2) is 4.79 Å². The van der Waals surface area contributed by atoms with E-state index in [2.05, 4.69) is 24.2 Å². The van der Waals surface area contributed by atoms with Crippen molar-refractivity contribution in [3.8, 4) is 0 Å². The highest BCUT2D eigenvalue weighted by Crippen LogP contribution is 2.13. The zero-order chi connectivity index (χ0) is 34.3. The van der Waals surface area contributed by atoms with Crippen LogP contribution in [0.1, 0.15) is 162 Å². The number of rotatable bonds is 31. The largest absolute Gasteiger partial charge is 0.462 e. The summed E-state index contributed by atoms with van der Waals surface area (Å²) < 4.78 is 16.4. The van der Waals surface area contributed by atoms with Crippen molar-refractivity contribution in [2.75, 3.05) is 19.8 Å². The molecule has 11 nitrogen and oxygen atoms in total. The molecule has 268 valence electrons. The number of hydrogen-bond donors (Lipinski definition) is 3. The monoisotopic (exact) mass is 654 g/mol. The first-order chi connectivity index (χ1) is 22.2. The summed E-state index contributed by atoms with van der Waals surface area (Å²) in [6.45, 7) is 5.51. The Morgan fingerprint density at radius 2 is 1.09 bits per heavy atom. The first-order valence-electron chi connectivity index (χ1n) is 18.0. The smallest absolute Gasteiger partial charge is 0.328 e. The maximum absolute atomic E-state index is 12.8. The third-order valence-electron chi connectivity index (χ3n) is 7.72. The Morgan fingerprint density at radius 3 is 1.57 bits per heavy atom. The number of amides is 1. The van der Waals surface area contributed by atoms with Crippen LogP contribution in [0.2, 0.25) is 0 Å². The quantitative estimate of drug-likeness (QED) is 0.0252. The minimum absolute atomic E-state index is 0.0573. The second kappa shape index (κ2) is 30.8. The standard InChI is InChI=1S/C35H66N4O7/c1-4-6-8-10-12-14-16-18-20-24-32(41)44-27-30(46-33(42)25-21-19-17-15-13-11-9-7-5-2)28-45-34(43)31(39-29(3)40)23-22-26-38-35(36)37/h30-31H,4-28H2,1-3H3,(H,39,40)(H4,36,37,38)/t30?,31-/m0/s1. The zero-order valence-electron chi connectivity index (χ0n) is 29.3. The number of nitrogens with one attached hydrogen (secondary N) is 1. The van der Waals surface area contributed by atoms with Gasteiger partial charge < -0.3 is 31.0 Å². The number of carbonyl (C=O) groups excluding carboxylic acids is 4. The minimum atomic E-state index is -0.943. The number of guanidine groups is 1. The molecule has 2 atom stereocenters. The Bertz CT molecular complexity index is 834. The molecule has 0 saturated heterocycles. The molecule has 0 heterocycles. The van der Waals surface area contributed by atoms with Crippen LogP contribution in [0.15, 0.2) is 4.99 Å². The van der Waals surface area contributed by atoms with Crippen molar-refractivity contribution >= 4 is 29.8 Å². The maximum Gasteiger partial charge on any atom is 0.328 e. The predicted octanol–water partition coefficient (Wildman–Crippen LogP) is 6.38. The molecule has 0 aliphatic heterocycles. The second-order valence-electron chi connectivity index (χ2n) is 12.3. The van der Waals surface area contributed by atoms with E-state index in [4.69, 9.17) is 25.7 Å². The van der Waals surface area contributed by atoms with Crippen LogP contribution in [-0.2, 0) is 33.4 Å². The van der Waals surface area contributed by atoms with Gasteiger partial charge in [0.2, 0.25) is 5.91 Å². The zero-order valence-corrected chi connectivity index (χ0v) is 29.3. The summed E-state index contributed by atoms with van der Waals surface area (Å²) in [4.78, 5) is 53.4. The minimum Gasteiger partial charge on any atom is -0.462 e. The molecule has 1 unspecified atom stereocenters. The lowest BCUT2D eigenvalue weighted by molar-refractivity contribution is -0.167. The fraction of sp³-hybridized carbons (Fsp3) is 0.857. The summed E-state index contributed by atoms with van der Waals surface area (Å²) >= 11 is 0. The van der Waals surface area contributed by atoms with E-state index in [1.807, 2.05) is 0 Å². The molecule has 0 aromatic carbocycles. The van der Waals surface area contributed by atoms with Crippen LogP contribution in [0.4, 0.5) is 0 Å². The fourth-order valence-electron chi connectivity index (χ4n) is 5.05. The summed E-state index contributed by atoms with van der Waals surface area (Å²) in [5, 5.41) is 2.57. The molecule has 5 N–H and O–H groups in total. The normalized spacial score (nSPS) is 12.2. The summed E-state index contributed by atoms with van der Waals surface area (Å²) in [7, 11) is 0. The lowest BCUT2D eigenvalue weighted by atomic mass is 10.1. The topological polar surface area (TPSA) is 172 Å². The molecule has 0 radical (unpaired) electrons. The van der Waals surface area contributed by atoms with Crippen LogP contribution >= 0.6 is 0 Å². The molecule has 0 aromatic rings. The first-order valence-corrected chi connectivity index (χ1v) is 18.0. The Labute approximate surface area is 278 Å². The van der Waals surface area contributed by atoms with Crippen LogP contribution in [0.25, 0.3) is 0 Å². The third kappa shape index (κ3) is 28.6. The molecule has 0 bridgehead atoms. The molecule has 46 heavy (non-hydrogen) atoms. The lowest BCUT2D eigenvalue weighted by Gasteiger charge is -2.21. The van der Waals surface area contributed by atoms with Gasteiger partial charge in [-0.05, 0) is 25.7 Å². The lowest BCUT2D eigenvalue weighted by Crippen LogP contribution is -2.42. The summed E-state index contributed by atoms with van der Waals surface area (Å²) in [5.74, 6) is -1.92. The average Bonchev–Trinajstić information content (AvgIpc) is 3.01. The molecular weight excluding hydrogens is 588 g/mol. The Kier molecular flexibility index (Phi) is 28.9. The van der Waals surface area contributed by atoms with E-state index in [1.54, 1.807) is 0 Å². The molecule has 0 saturated carbocycles. The molecule has 0 aliphatic carbocycles. The average molecular weight is 655 g/mol. The van der Waals surface area contributed by atoms with Crippen LogP contribution < -0.4 is 16.8 Å². The predicted molar refractivity (Wildman–Crippen MR) is 183 cm³/mol. The van der Waals surface area contributed by atoms with Gasteiger partial charge in [0.1, 0.15) is 19.3 Å². The molecule has 0 aromatic heterocycles. The molecule has 11 heteroatoms. The maximum atomic E-state index is 12.8. The van der Waals surface area contributed by atoms with Gasteiger partial charge in [-0.15, -0.1) is 0 Å². The van der Waals surface area contributed by atoms with Crippen molar-refractivity contribution in [2.45, 2.75) is 174 Å². The molecule has 0 spiro atoms. The van der Waals surface area contributed by atoms with Crippen molar-refractivity contribution < 1.29 is 33.4 Å². The number of nitrogens with zero attached hydrogens (tertiary/aromatic N) is 1. The van der Waals surface area contributed by atoms with E-state index in [0.717, 1.165) is 38.5 Å². The summed E-state index contributed by atoms with van der Waals surface area (Å²) in [6.07, 6.45) is 20.7. The van der Waals surface area contributed by atoms with Crippen molar-refractivity contribution in [3.05, 3.63) is 0 Å². The highest BCUT2D eigenvalue weighted by molar-refractivity contribution is 5.83. The number of carbonyl (C=O) groups is 4. The van der Waals surface area contributed by atoms with Gasteiger partial charge in [0.05, 0.1) is 0 Å². The highest BCUT2D eigenvalue weighted by Gasteiger charge is 2.24. The fourth-order valence-corrected chi connectivity index (χ4v) is 5.05. The van der Waals surface area contributed by atoms with Crippen molar-refractivity contribution in [2.24, 2.45) is 16.5 Å². The summed E-state index contributed by atoms with van der Waals surface area (Å²) in [5.41, 5.74) is 10.7. The molecule has 0 aliphatic rings. The van der Waals surface area contributed by atoms with Crippen LogP contribution in [0.3, 0.4) is 0 Å². The Hall–Kier alpha value is -2.85. The van der Waals surface area contributed by atoms with Crippen molar-refractivity contribution in [1.29, 1.82) is 0 Å². The van der Waals surface area contributed by atoms with Gasteiger partial charge in [-0.1, -0.05) is 117 Å². The number of hydrogen-bond acceptors (Lipinski definition) is 8. The van der Waals surface area contributed by atoms with Gasteiger partial charge in [0.15, 0.2) is 12.1 Å². The SMILES string of the molecule is CCCCCCCCCCCC(=O)OCC(COC(=O)[C@H](CCCN=C(N)N)NC(C)=O)OC(=O)CCCCCCCCCCC. The van der Waals surface area contributed by atoms with E-state index < -0.39 is 30.0 Å². The summed E-state index contributed by atoms with van der Waals surface area (Å²) in [6, 6.07) is -0.917. The van der Waals surface area contributed by atoms with Crippen molar-refractivity contribution in [1.82, 2.24) is 5.32 Å². The second-order valence-corrected chi connectivity index (χ2v) is 12.3. The van der Waals surface area contributed by atoms with Crippen molar-refractivity contribution in [3.63, 3.8) is 0 Å². The Morgan fingerprint density at radius 1 is 0.630 bits per heavy atom. The molecule has 0 rings (SSSR count). The third-order valence-corrected chi connectivity index (χ3v) is 7.72. The number of unbranched alkanes of at least 4 members (excludes halogenated alkanes) is 16. The molecular formula is C35H66N4O7. The first kappa shape index (κ1) is 43.1. The van der Waals surface area contributed by atoms with Gasteiger partial charge in [-0.2, -0.15) is 0 Å². The van der Waals surface area contributed by atoms with E-state index in [1.165, 1.54) is 77.6 Å². The number of esters is 3. The van der Waals surface area contributed by atoms with E-state index in [9.17, 15) is 19.2 Å². The number of ether oxygens (including phenoxy) is 3. The highest BCUT2D eigenvalue weighted by atomic mass is 16.6. The van der Waals surface area contributed by atoms with Crippen LogP contribution in [-0.4, -0.2) is 61.7 Å². The molecule has 1 amide bonds. The Balaban J connectivity index is 4.80. The van der Waals surface area contributed by atoms with Gasteiger partial charge >= 0.3 is 17.9 Å². The van der Waals surface area contributed by atoms with E-state index in [0.29, 0.717) is 19.4 Å². The van der Waals surface area contributed by atoms with Crippen LogP contribution in [0, 0.1) is 0 Å². The van der Waals surface area contributed by atoms with E-state index in [-0.39, 0.29) is 44.4 Å². The number of aliphatic imine (C=N–C) groups is 1.